The molecule has 0 atom stereocenters. The average molecular weight is 325 g/mol. The van der Waals surface area contributed by atoms with Crippen LogP contribution in [0.2, 0.25) is 10.0 Å². The Morgan fingerprint density at radius 3 is 1.91 bits per heavy atom. The molecule has 0 saturated carbocycles. The number of hydrogen-bond donors (Lipinski definition) is 0. The van der Waals surface area contributed by atoms with Crippen molar-refractivity contribution in [3.05, 3.63) is 94.0 Å². The zero-order valence-corrected chi connectivity index (χ0v) is 13.4. The van der Waals surface area contributed by atoms with Crippen LogP contribution in [0.4, 0.5) is 0 Å². The fourth-order valence-corrected chi connectivity index (χ4v) is 2.79. The molecule has 22 heavy (non-hydrogen) atoms. The summed E-state index contributed by atoms with van der Waals surface area (Å²) >= 11 is 12.9. The summed E-state index contributed by atoms with van der Waals surface area (Å²) in [6.07, 6.45) is 4.01. The van der Waals surface area contributed by atoms with E-state index in [1.807, 2.05) is 84.9 Å². The van der Waals surface area contributed by atoms with Crippen LogP contribution in [0.1, 0.15) is 11.1 Å². The Kier molecular flexibility index (Phi) is 4.62. The second kappa shape index (κ2) is 6.83. The molecule has 0 spiro atoms. The Morgan fingerprint density at radius 1 is 0.591 bits per heavy atom. The summed E-state index contributed by atoms with van der Waals surface area (Å²) in [5, 5.41) is 1.17. The molecular formula is C20H14Cl2. The topological polar surface area (TPSA) is 0 Å². The van der Waals surface area contributed by atoms with E-state index in [4.69, 9.17) is 23.2 Å². The van der Waals surface area contributed by atoms with Gasteiger partial charge in [0.15, 0.2) is 0 Å². The monoisotopic (exact) mass is 324 g/mol. The van der Waals surface area contributed by atoms with Crippen molar-refractivity contribution < 1.29 is 0 Å². The minimum atomic E-state index is 0.579. The second-order valence-corrected chi connectivity index (χ2v) is 5.70. The lowest BCUT2D eigenvalue weighted by Gasteiger charge is -2.08. The van der Waals surface area contributed by atoms with Gasteiger partial charge in [-0.05, 0) is 16.7 Å². The molecule has 0 nitrogen and oxygen atoms in total. The molecule has 2 heteroatoms. The molecular weight excluding hydrogens is 311 g/mol. The van der Waals surface area contributed by atoms with Gasteiger partial charge in [-0.25, -0.2) is 0 Å². The van der Waals surface area contributed by atoms with Gasteiger partial charge in [-0.15, -0.1) is 0 Å². The normalized spacial score (nSPS) is 11.0. The number of rotatable bonds is 3. The van der Waals surface area contributed by atoms with Gasteiger partial charge in [0.05, 0.1) is 10.0 Å². The van der Waals surface area contributed by atoms with Gasteiger partial charge in [0.2, 0.25) is 0 Å². The highest BCUT2D eigenvalue weighted by Gasteiger charge is 2.09. The van der Waals surface area contributed by atoms with E-state index in [-0.39, 0.29) is 0 Å². The molecule has 0 aromatic heterocycles. The smallest absolute Gasteiger partial charge is 0.0676 e. The van der Waals surface area contributed by atoms with Crippen LogP contribution in [0.15, 0.2) is 72.8 Å². The lowest BCUT2D eigenvalue weighted by molar-refractivity contribution is 1.59. The minimum Gasteiger partial charge on any atom is -0.0820 e. The zero-order chi connectivity index (χ0) is 15.4. The molecule has 0 radical (unpaired) electrons. The van der Waals surface area contributed by atoms with E-state index in [9.17, 15) is 0 Å². The molecule has 0 aliphatic rings. The molecule has 3 aromatic carbocycles. The van der Waals surface area contributed by atoms with Crippen molar-refractivity contribution in [1.82, 2.24) is 0 Å². The predicted octanol–water partition coefficient (Wildman–Crippen LogP) is 6.83. The van der Waals surface area contributed by atoms with Crippen LogP contribution in [0.3, 0.4) is 0 Å². The van der Waals surface area contributed by atoms with E-state index < -0.39 is 0 Å². The molecule has 0 heterocycles. The predicted molar refractivity (Wildman–Crippen MR) is 97.3 cm³/mol. The summed E-state index contributed by atoms with van der Waals surface area (Å²) in [6.45, 7) is 0. The standard InChI is InChI=1S/C20H14Cl2/c21-19-17(12-11-15-7-3-1-4-8-15)13-14-18(20(19)22)16-9-5-2-6-10-16/h1-14H. The first-order valence-electron chi connectivity index (χ1n) is 7.02. The van der Waals surface area contributed by atoms with Crippen LogP contribution in [0.25, 0.3) is 23.3 Å². The number of benzene rings is 3. The van der Waals surface area contributed by atoms with Crippen LogP contribution in [-0.4, -0.2) is 0 Å². The van der Waals surface area contributed by atoms with Crippen molar-refractivity contribution in [3.63, 3.8) is 0 Å². The largest absolute Gasteiger partial charge is 0.0820 e. The van der Waals surface area contributed by atoms with Crippen molar-refractivity contribution in [2.45, 2.75) is 0 Å². The highest BCUT2D eigenvalue weighted by atomic mass is 35.5. The number of halogens is 2. The summed E-state index contributed by atoms with van der Waals surface area (Å²) in [4.78, 5) is 0. The Bertz CT molecular complexity index is 791. The summed E-state index contributed by atoms with van der Waals surface area (Å²) in [5.74, 6) is 0. The molecule has 108 valence electrons. The maximum atomic E-state index is 6.45. The fraction of sp³-hybridized carbons (Fsp3) is 0. The van der Waals surface area contributed by atoms with Crippen molar-refractivity contribution >= 4 is 35.4 Å². The maximum absolute atomic E-state index is 6.45. The third-order valence-electron chi connectivity index (χ3n) is 3.45. The first kappa shape index (κ1) is 14.9. The molecule has 0 bridgehead atoms. The maximum Gasteiger partial charge on any atom is 0.0676 e. The van der Waals surface area contributed by atoms with E-state index in [0.29, 0.717) is 10.0 Å². The third-order valence-corrected chi connectivity index (χ3v) is 4.35. The lowest BCUT2D eigenvalue weighted by atomic mass is 10.0. The quantitative estimate of drug-likeness (QED) is 0.463. The van der Waals surface area contributed by atoms with E-state index in [2.05, 4.69) is 0 Å². The van der Waals surface area contributed by atoms with Gasteiger partial charge >= 0.3 is 0 Å². The van der Waals surface area contributed by atoms with Crippen molar-refractivity contribution in [2.24, 2.45) is 0 Å². The van der Waals surface area contributed by atoms with E-state index in [1.165, 1.54) is 0 Å². The zero-order valence-electron chi connectivity index (χ0n) is 11.8. The van der Waals surface area contributed by atoms with Crippen molar-refractivity contribution in [2.75, 3.05) is 0 Å². The van der Waals surface area contributed by atoms with Gasteiger partial charge in [-0.3, -0.25) is 0 Å². The van der Waals surface area contributed by atoms with Gasteiger partial charge in [0.25, 0.3) is 0 Å². The summed E-state index contributed by atoms with van der Waals surface area (Å²) < 4.78 is 0. The summed E-state index contributed by atoms with van der Waals surface area (Å²) in [5.41, 5.74) is 4.05. The van der Waals surface area contributed by atoms with Gasteiger partial charge < -0.3 is 0 Å². The van der Waals surface area contributed by atoms with Crippen molar-refractivity contribution in [1.29, 1.82) is 0 Å². The van der Waals surface area contributed by atoms with Gasteiger partial charge in [0, 0.05) is 5.56 Å². The fourth-order valence-electron chi connectivity index (χ4n) is 2.28. The van der Waals surface area contributed by atoms with Crippen LogP contribution in [-0.2, 0) is 0 Å². The molecule has 3 aromatic rings. The highest BCUT2D eigenvalue weighted by Crippen LogP contribution is 2.36. The van der Waals surface area contributed by atoms with Gasteiger partial charge in [-0.1, -0.05) is 108 Å². The lowest BCUT2D eigenvalue weighted by Crippen LogP contribution is -1.84. The SMILES string of the molecule is Clc1c(C=Cc2ccccc2)ccc(-c2ccccc2)c1Cl. The summed E-state index contributed by atoms with van der Waals surface area (Å²) in [6, 6.07) is 24.1. The Hall–Kier alpha value is -2.02. The van der Waals surface area contributed by atoms with Gasteiger partial charge in [-0.2, -0.15) is 0 Å². The Balaban J connectivity index is 1.95. The van der Waals surface area contributed by atoms with Crippen LogP contribution in [0, 0.1) is 0 Å². The van der Waals surface area contributed by atoms with Crippen LogP contribution < -0.4 is 0 Å². The summed E-state index contributed by atoms with van der Waals surface area (Å²) in [7, 11) is 0. The highest BCUT2D eigenvalue weighted by molar-refractivity contribution is 6.44. The third kappa shape index (κ3) is 3.24. The first-order chi connectivity index (χ1) is 10.8. The molecule has 0 fully saturated rings. The van der Waals surface area contributed by atoms with Crippen LogP contribution >= 0.6 is 23.2 Å². The minimum absolute atomic E-state index is 0.579. The second-order valence-electron chi connectivity index (χ2n) is 4.94. The molecule has 0 unspecified atom stereocenters. The Labute approximate surface area is 140 Å². The molecule has 0 aliphatic heterocycles. The molecule has 0 saturated heterocycles. The molecule has 0 N–H and O–H groups in total. The van der Waals surface area contributed by atoms with E-state index >= 15 is 0 Å². The Morgan fingerprint density at radius 2 is 1.23 bits per heavy atom. The van der Waals surface area contributed by atoms with Gasteiger partial charge in [0.1, 0.15) is 0 Å². The number of hydrogen-bond acceptors (Lipinski definition) is 0. The first-order valence-corrected chi connectivity index (χ1v) is 7.78. The average Bonchev–Trinajstić information content (AvgIpc) is 2.58. The van der Waals surface area contributed by atoms with Crippen LogP contribution in [0.5, 0.6) is 0 Å². The van der Waals surface area contributed by atoms with E-state index in [0.717, 1.165) is 22.3 Å². The molecule has 0 aliphatic carbocycles. The molecule has 0 amide bonds. The van der Waals surface area contributed by atoms with E-state index in [1.54, 1.807) is 0 Å². The van der Waals surface area contributed by atoms with Crippen molar-refractivity contribution in [3.8, 4) is 11.1 Å². The molecule has 3 rings (SSSR count).